The van der Waals surface area contributed by atoms with Crippen molar-refractivity contribution >= 4 is 5.97 Å². The van der Waals surface area contributed by atoms with Crippen LogP contribution in [0.25, 0.3) is 0 Å². The Balaban J connectivity index is 1.62. The molecular weight excluding hydrogens is 364 g/mol. The molecule has 1 saturated heterocycles. The third kappa shape index (κ3) is 4.63. The Kier molecular flexibility index (Phi) is 5.86. The third-order valence-corrected chi connectivity index (χ3v) is 5.36. The second kappa shape index (κ2) is 8.88. The summed E-state index contributed by atoms with van der Waals surface area (Å²) in [7, 11) is 0. The van der Waals surface area contributed by atoms with Crippen molar-refractivity contribution in [2.24, 2.45) is 5.92 Å². The normalized spacial score (nSPS) is 16.3. The van der Waals surface area contributed by atoms with Gasteiger partial charge in [0.05, 0.1) is 17.7 Å². The zero-order valence-electron chi connectivity index (χ0n) is 16.1. The average Bonchev–Trinajstić information content (AvgIpc) is 2.76. The molecule has 5 nitrogen and oxygen atoms in total. The molecule has 1 unspecified atom stereocenters. The van der Waals surface area contributed by atoms with E-state index in [-0.39, 0.29) is 12.0 Å². The molecule has 148 valence electrons. The van der Waals surface area contributed by atoms with Gasteiger partial charge in [-0.25, -0.2) is 0 Å². The Labute approximate surface area is 170 Å². The van der Waals surface area contributed by atoms with E-state index in [2.05, 4.69) is 22.0 Å². The molecule has 1 N–H and O–H groups in total. The standard InChI is InChI=1S/C24H24N2O3/c27-24(28)18-12-15-26(16-13-18)23(22-11-4-5-14-25-22)19-7-6-10-21(17-19)29-20-8-2-1-3-9-20/h1-11,14,17-18,23H,12-13,15-16H2,(H,27,28). The van der Waals surface area contributed by atoms with Crippen LogP contribution in [0.1, 0.15) is 30.1 Å². The second-order valence-corrected chi connectivity index (χ2v) is 7.29. The summed E-state index contributed by atoms with van der Waals surface area (Å²) in [5.41, 5.74) is 2.05. The molecule has 1 aromatic heterocycles. The SMILES string of the molecule is O=C(O)C1CCN(C(c2cccc(Oc3ccccc3)c2)c2ccccn2)CC1. The number of rotatable bonds is 6. The molecule has 0 aliphatic carbocycles. The molecule has 1 atom stereocenters. The Hall–Kier alpha value is -3.18. The van der Waals surface area contributed by atoms with Gasteiger partial charge >= 0.3 is 5.97 Å². The molecule has 3 aromatic rings. The minimum absolute atomic E-state index is 0.0368. The number of nitrogens with zero attached hydrogens (tertiary/aromatic N) is 2. The number of aromatic nitrogens is 1. The molecule has 2 aromatic carbocycles. The number of hydrogen-bond donors (Lipinski definition) is 1. The fourth-order valence-electron chi connectivity index (χ4n) is 3.88. The molecule has 0 spiro atoms. The predicted molar refractivity (Wildman–Crippen MR) is 111 cm³/mol. The molecule has 29 heavy (non-hydrogen) atoms. The van der Waals surface area contributed by atoms with Crippen LogP contribution in [0, 0.1) is 5.92 Å². The number of ether oxygens (including phenoxy) is 1. The topological polar surface area (TPSA) is 62.7 Å². The summed E-state index contributed by atoms with van der Waals surface area (Å²) in [6.07, 6.45) is 3.11. The molecule has 0 amide bonds. The van der Waals surface area contributed by atoms with Crippen molar-refractivity contribution in [2.45, 2.75) is 18.9 Å². The Morgan fingerprint density at radius 2 is 1.69 bits per heavy atom. The van der Waals surface area contributed by atoms with Crippen molar-refractivity contribution < 1.29 is 14.6 Å². The first-order chi connectivity index (χ1) is 14.2. The maximum Gasteiger partial charge on any atom is 0.306 e. The van der Waals surface area contributed by atoms with Crippen LogP contribution in [0.5, 0.6) is 11.5 Å². The number of aliphatic carboxylic acids is 1. The van der Waals surface area contributed by atoms with E-state index in [1.165, 1.54) is 0 Å². The van der Waals surface area contributed by atoms with Crippen molar-refractivity contribution in [1.82, 2.24) is 9.88 Å². The maximum absolute atomic E-state index is 11.3. The molecule has 0 saturated carbocycles. The van der Waals surface area contributed by atoms with Crippen LogP contribution in [0.2, 0.25) is 0 Å². The van der Waals surface area contributed by atoms with Gasteiger partial charge in [0, 0.05) is 6.20 Å². The minimum atomic E-state index is -0.697. The van der Waals surface area contributed by atoms with Crippen LogP contribution < -0.4 is 4.74 Å². The van der Waals surface area contributed by atoms with Crippen molar-refractivity contribution in [1.29, 1.82) is 0 Å². The van der Waals surface area contributed by atoms with Crippen LogP contribution in [-0.2, 0) is 4.79 Å². The van der Waals surface area contributed by atoms with Crippen molar-refractivity contribution in [3.05, 3.63) is 90.3 Å². The number of pyridine rings is 1. The van der Waals surface area contributed by atoms with Gasteiger partial charge in [-0.15, -0.1) is 0 Å². The number of piperidine rings is 1. The maximum atomic E-state index is 11.3. The summed E-state index contributed by atoms with van der Waals surface area (Å²) in [6, 6.07) is 23.7. The van der Waals surface area contributed by atoms with Crippen LogP contribution >= 0.6 is 0 Å². The van der Waals surface area contributed by atoms with E-state index in [1.807, 2.05) is 60.7 Å². The minimum Gasteiger partial charge on any atom is -0.481 e. The van der Waals surface area contributed by atoms with E-state index < -0.39 is 5.97 Å². The van der Waals surface area contributed by atoms with Crippen LogP contribution in [0.4, 0.5) is 0 Å². The average molecular weight is 388 g/mol. The first-order valence-corrected chi connectivity index (χ1v) is 9.91. The number of benzene rings is 2. The summed E-state index contributed by atoms with van der Waals surface area (Å²) < 4.78 is 6.02. The lowest BCUT2D eigenvalue weighted by Gasteiger charge is -2.36. The fourth-order valence-corrected chi connectivity index (χ4v) is 3.88. The first kappa shape index (κ1) is 19.2. The van der Waals surface area contributed by atoms with Gasteiger partial charge in [0.1, 0.15) is 11.5 Å². The van der Waals surface area contributed by atoms with E-state index in [4.69, 9.17) is 4.74 Å². The zero-order valence-corrected chi connectivity index (χ0v) is 16.1. The van der Waals surface area contributed by atoms with E-state index in [1.54, 1.807) is 6.20 Å². The van der Waals surface area contributed by atoms with Gasteiger partial charge in [0.25, 0.3) is 0 Å². The number of para-hydroxylation sites is 1. The highest BCUT2D eigenvalue weighted by Gasteiger charge is 2.30. The molecule has 2 heterocycles. The van der Waals surface area contributed by atoms with Crippen LogP contribution in [-0.4, -0.2) is 34.0 Å². The lowest BCUT2D eigenvalue weighted by molar-refractivity contribution is -0.143. The van der Waals surface area contributed by atoms with Gasteiger partial charge in [-0.1, -0.05) is 36.4 Å². The van der Waals surface area contributed by atoms with Crippen molar-refractivity contribution in [3.63, 3.8) is 0 Å². The fraction of sp³-hybridized carbons (Fsp3) is 0.250. The highest BCUT2D eigenvalue weighted by atomic mass is 16.5. The number of hydrogen-bond acceptors (Lipinski definition) is 4. The number of likely N-dealkylation sites (tertiary alicyclic amines) is 1. The second-order valence-electron chi connectivity index (χ2n) is 7.29. The molecule has 5 heteroatoms. The van der Waals surface area contributed by atoms with Gasteiger partial charge in [-0.2, -0.15) is 0 Å². The first-order valence-electron chi connectivity index (χ1n) is 9.91. The lowest BCUT2D eigenvalue weighted by Crippen LogP contribution is -2.39. The molecular formula is C24H24N2O3. The number of carboxylic acids is 1. The van der Waals surface area contributed by atoms with E-state index in [0.717, 1.165) is 35.8 Å². The van der Waals surface area contributed by atoms with Gasteiger partial charge in [-0.05, 0) is 67.9 Å². The Morgan fingerprint density at radius 3 is 2.38 bits per heavy atom. The van der Waals surface area contributed by atoms with Gasteiger partial charge in [-0.3, -0.25) is 14.7 Å². The van der Waals surface area contributed by atoms with Crippen LogP contribution in [0.15, 0.2) is 79.0 Å². The number of carbonyl (C=O) groups is 1. The summed E-state index contributed by atoms with van der Waals surface area (Å²) in [4.78, 5) is 18.3. The summed E-state index contributed by atoms with van der Waals surface area (Å²) in [5, 5.41) is 9.33. The van der Waals surface area contributed by atoms with Gasteiger partial charge in [0.2, 0.25) is 0 Å². The molecule has 1 fully saturated rings. The summed E-state index contributed by atoms with van der Waals surface area (Å²) >= 11 is 0. The van der Waals surface area contributed by atoms with E-state index >= 15 is 0 Å². The van der Waals surface area contributed by atoms with Crippen molar-refractivity contribution in [3.8, 4) is 11.5 Å². The van der Waals surface area contributed by atoms with E-state index in [9.17, 15) is 9.90 Å². The molecule has 0 bridgehead atoms. The highest BCUT2D eigenvalue weighted by Crippen LogP contribution is 2.34. The zero-order chi connectivity index (χ0) is 20.1. The summed E-state index contributed by atoms with van der Waals surface area (Å²) in [5.74, 6) is 0.608. The monoisotopic (exact) mass is 388 g/mol. The Morgan fingerprint density at radius 1 is 0.966 bits per heavy atom. The summed E-state index contributed by atoms with van der Waals surface area (Å²) in [6.45, 7) is 1.45. The molecule has 1 aliphatic heterocycles. The predicted octanol–water partition coefficient (Wildman–Crippen LogP) is 4.76. The molecule has 1 aliphatic rings. The lowest BCUT2D eigenvalue weighted by atomic mass is 9.93. The highest BCUT2D eigenvalue weighted by molar-refractivity contribution is 5.70. The molecule has 4 rings (SSSR count). The van der Waals surface area contributed by atoms with Gasteiger partial charge < -0.3 is 9.84 Å². The van der Waals surface area contributed by atoms with Crippen LogP contribution in [0.3, 0.4) is 0 Å². The molecule has 0 radical (unpaired) electrons. The Bertz CT molecular complexity index is 939. The quantitative estimate of drug-likeness (QED) is 0.660. The largest absolute Gasteiger partial charge is 0.481 e. The third-order valence-electron chi connectivity index (χ3n) is 5.36. The van der Waals surface area contributed by atoms with E-state index in [0.29, 0.717) is 12.8 Å². The van der Waals surface area contributed by atoms with Gasteiger partial charge in [0.15, 0.2) is 0 Å². The number of carboxylic acid groups (broad SMARTS) is 1. The smallest absolute Gasteiger partial charge is 0.306 e. The van der Waals surface area contributed by atoms with Crippen molar-refractivity contribution in [2.75, 3.05) is 13.1 Å².